The van der Waals surface area contributed by atoms with Crippen molar-refractivity contribution in [2.24, 2.45) is 5.41 Å². The first-order valence-electron chi connectivity index (χ1n) is 13.6. The Morgan fingerprint density at radius 3 is 2.61 bits per heavy atom. The second kappa shape index (κ2) is 11.7. The summed E-state index contributed by atoms with van der Waals surface area (Å²) in [6.07, 6.45) is 4.75. The van der Waals surface area contributed by atoms with Crippen molar-refractivity contribution < 1.29 is 14.6 Å². The number of nitrogens with one attached hydrogen (secondary N) is 1. The predicted octanol–water partition coefficient (Wildman–Crippen LogP) is 6.48. The molecule has 1 spiro atoms. The van der Waals surface area contributed by atoms with Gasteiger partial charge in [-0.05, 0) is 71.6 Å². The lowest BCUT2D eigenvalue weighted by atomic mass is 9.78. The van der Waals surface area contributed by atoms with Crippen LogP contribution in [0.4, 0.5) is 5.82 Å². The van der Waals surface area contributed by atoms with Gasteiger partial charge in [0.15, 0.2) is 5.82 Å². The van der Waals surface area contributed by atoms with E-state index >= 15 is 0 Å². The number of aliphatic hydroxyl groups excluding tert-OH is 1. The zero-order chi connectivity index (χ0) is 27.6. The third kappa shape index (κ3) is 5.90. The van der Waals surface area contributed by atoms with Gasteiger partial charge in [-0.3, -0.25) is 0 Å². The lowest BCUT2D eigenvalue weighted by molar-refractivity contribution is 0.0884. The van der Waals surface area contributed by atoms with Crippen molar-refractivity contribution in [3.05, 3.63) is 40.1 Å². The number of hydrogen-bond donors (Lipinski definition) is 2. The van der Waals surface area contributed by atoms with Gasteiger partial charge in [0, 0.05) is 48.0 Å². The molecule has 0 amide bonds. The summed E-state index contributed by atoms with van der Waals surface area (Å²) in [5.41, 5.74) is 5.01. The summed E-state index contributed by atoms with van der Waals surface area (Å²) in [7, 11) is 1.81. The highest BCUT2D eigenvalue weighted by Gasteiger charge is 2.49. The van der Waals surface area contributed by atoms with Crippen molar-refractivity contribution in [1.82, 2.24) is 9.97 Å². The van der Waals surface area contributed by atoms with E-state index in [0.717, 1.165) is 60.6 Å². The van der Waals surface area contributed by atoms with E-state index in [0.29, 0.717) is 40.4 Å². The molecule has 2 fully saturated rings. The first-order valence-corrected chi connectivity index (χ1v) is 14.0. The quantitative estimate of drug-likeness (QED) is 0.335. The number of aromatic nitrogens is 2. The van der Waals surface area contributed by atoms with Crippen LogP contribution in [0.2, 0.25) is 5.02 Å². The van der Waals surface area contributed by atoms with E-state index in [-0.39, 0.29) is 12.0 Å². The minimum atomic E-state index is -0.518. The summed E-state index contributed by atoms with van der Waals surface area (Å²) in [6, 6.07) is 5.43. The highest BCUT2D eigenvalue weighted by molar-refractivity contribution is 6.33. The number of halogens is 1. The Kier molecular flexibility index (Phi) is 8.80. The van der Waals surface area contributed by atoms with Crippen LogP contribution in [0.5, 0.6) is 5.75 Å². The second-order valence-corrected chi connectivity index (χ2v) is 11.6. The van der Waals surface area contributed by atoms with Gasteiger partial charge in [-0.15, -0.1) is 0 Å². The lowest BCUT2D eigenvalue weighted by Gasteiger charge is -2.49. The number of hydrogen-bond acceptors (Lipinski definition) is 7. The SMILES string of the molecule is CCC[C@@H](O)COc1ccc(Cl)c(-c2nc(C(C(C)=N)=C(C)C)c(C)c(N3CC4(CCC(OC)C4)C3)n2)c1. The minimum Gasteiger partial charge on any atom is -0.491 e. The maximum atomic E-state index is 10.1. The molecule has 2 aliphatic rings. The standard InChI is InChI=1S/C30H41ClN4O3/c1-7-8-21(36)15-38-22-9-10-25(31)24(13-22)28-33-27(26(18(2)3)20(5)32)19(4)29(34-28)35-16-30(17-35)12-11-23(14-30)37-6/h9-10,13,21,23,32,36H,7-8,11-12,14-17H2,1-6H3/t21-,23?/m1/s1. The van der Waals surface area contributed by atoms with Crippen molar-refractivity contribution in [2.45, 2.75) is 78.9 Å². The summed E-state index contributed by atoms with van der Waals surface area (Å²) in [6.45, 7) is 12.0. The Morgan fingerprint density at radius 2 is 2.00 bits per heavy atom. The number of methoxy groups -OCH3 is 1. The molecule has 206 valence electrons. The molecule has 0 bridgehead atoms. The molecular formula is C30H41ClN4O3. The molecule has 1 aromatic carbocycles. The van der Waals surface area contributed by atoms with Crippen molar-refractivity contribution >= 4 is 28.7 Å². The molecule has 1 saturated carbocycles. The largest absolute Gasteiger partial charge is 0.491 e. The van der Waals surface area contributed by atoms with Gasteiger partial charge in [0.25, 0.3) is 0 Å². The fourth-order valence-corrected chi connectivity index (χ4v) is 6.10. The average Bonchev–Trinajstić information content (AvgIpc) is 3.29. The van der Waals surface area contributed by atoms with Crippen LogP contribution in [0, 0.1) is 17.7 Å². The van der Waals surface area contributed by atoms with Gasteiger partial charge in [0.05, 0.1) is 22.9 Å². The van der Waals surface area contributed by atoms with Gasteiger partial charge in [0.1, 0.15) is 18.2 Å². The molecule has 1 aliphatic carbocycles. The fraction of sp³-hybridized carbons (Fsp3) is 0.567. The fourth-order valence-electron chi connectivity index (χ4n) is 5.90. The molecule has 8 heteroatoms. The third-order valence-corrected chi connectivity index (χ3v) is 8.15. The topological polar surface area (TPSA) is 91.6 Å². The van der Waals surface area contributed by atoms with E-state index in [9.17, 15) is 5.11 Å². The van der Waals surface area contributed by atoms with Crippen molar-refractivity contribution in [2.75, 3.05) is 31.7 Å². The molecule has 2 N–H and O–H groups in total. The zero-order valence-electron chi connectivity index (χ0n) is 23.5. The number of anilines is 1. The molecule has 38 heavy (non-hydrogen) atoms. The molecule has 4 rings (SSSR count). The van der Waals surface area contributed by atoms with Crippen molar-refractivity contribution in [1.29, 1.82) is 5.41 Å². The number of ether oxygens (including phenoxy) is 2. The van der Waals surface area contributed by atoms with Crippen molar-refractivity contribution in [3.63, 3.8) is 0 Å². The van der Waals surface area contributed by atoms with Crippen LogP contribution >= 0.6 is 11.6 Å². The van der Waals surface area contributed by atoms with Crippen LogP contribution < -0.4 is 9.64 Å². The van der Waals surface area contributed by atoms with E-state index < -0.39 is 6.10 Å². The van der Waals surface area contributed by atoms with E-state index in [1.807, 2.05) is 33.8 Å². The van der Waals surface area contributed by atoms with Gasteiger partial charge in [-0.25, -0.2) is 9.97 Å². The summed E-state index contributed by atoms with van der Waals surface area (Å²) in [5, 5.41) is 19.1. The summed E-state index contributed by atoms with van der Waals surface area (Å²) in [5.74, 6) is 2.00. The Bertz CT molecular complexity index is 1220. The molecule has 1 saturated heterocycles. The van der Waals surface area contributed by atoms with E-state index in [1.165, 1.54) is 6.42 Å². The maximum Gasteiger partial charge on any atom is 0.163 e. The molecule has 2 atom stereocenters. The maximum absolute atomic E-state index is 10.1. The molecule has 1 aliphatic heterocycles. The molecule has 1 unspecified atom stereocenters. The second-order valence-electron chi connectivity index (χ2n) is 11.2. The van der Waals surface area contributed by atoms with Gasteiger partial charge in [-0.1, -0.05) is 30.5 Å². The Hall–Kier alpha value is -2.48. The van der Waals surface area contributed by atoms with E-state index in [2.05, 4.69) is 4.90 Å². The first-order chi connectivity index (χ1) is 18.1. The van der Waals surface area contributed by atoms with Crippen LogP contribution in [-0.4, -0.2) is 59.8 Å². The van der Waals surface area contributed by atoms with Crippen LogP contribution in [0.15, 0.2) is 23.8 Å². The van der Waals surface area contributed by atoms with Crippen LogP contribution in [0.1, 0.15) is 71.1 Å². The number of rotatable bonds is 10. The number of nitrogens with zero attached hydrogens (tertiary/aromatic N) is 3. The van der Waals surface area contributed by atoms with E-state index in [1.54, 1.807) is 26.2 Å². The summed E-state index contributed by atoms with van der Waals surface area (Å²) < 4.78 is 11.5. The van der Waals surface area contributed by atoms with Gasteiger partial charge >= 0.3 is 0 Å². The molecule has 1 aromatic heterocycles. The number of allylic oxidation sites excluding steroid dienone is 2. The van der Waals surface area contributed by atoms with Gasteiger partial charge < -0.3 is 24.9 Å². The molecule has 0 radical (unpaired) electrons. The number of aliphatic hydroxyl groups is 1. The van der Waals surface area contributed by atoms with Crippen molar-refractivity contribution in [3.8, 4) is 17.1 Å². The molecule has 2 aromatic rings. The normalized spacial score (nSPS) is 18.8. The minimum absolute atomic E-state index is 0.216. The van der Waals surface area contributed by atoms with E-state index in [4.69, 9.17) is 36.5 Å². The average molecular weight is 541 g/mol. The highest BCUT2D eigenvalue weighted by Crippen LogP contribution is 2.48. The molecule has 7 nitrogen and oxygen atoms in total. The molecular weight excluding hydrogens is 500 g/mol. The predicted molar refractivity (Wildman–Crippen MR) is 155 cm³/mol. The summed E-state index contributed by atoms with van der Waals surface area (Å²) >= 11 is 6.68. The third-order valence-electron chi connectivity index (χ3n) is 7.82. The van der Waals surface area contributed by atoms with Crippen LogP contribution in [0.3, 0.4) is 0 Å². The van der Waals surface area contributed by atoms with Crippen LogP contribution in [-0.2, 0) is 4.74 Å². The van der Waals surface area contributed by atoms with Gasteiger partial charge in [0.2, 0.25) is 0 Å². The zero-order valence-corrected chi connectivity index (χ0v) is 24.3. The van der Waals surface area contributed by atoms with Gasteiger partial charge in [-0.2, -0.15) is 0 Å². The lowest BCUT2D eigenvalue weighted by Crippen LogP contribution is -2.56. The summed E-state index contributed by atoms with van der Waals surface area (Å²) in [4.78, 5) is 12.4. The number of benzene rings is 1. The van der Waals surface area contributed by atoms with Crippen LogP contribution in [0.25, 0.3) is 17.0 Å². The Balaban J connectivity index is 1.74. The first kappa shape index (κ1) is 28.5. The Morgan fingerprint density at radius 1 is 1.26 bits per heavy atom. The highest BCUT2D eigenvalue weighted by atomic mass is 35.5. The molecule has 2 heterocycles. The monoisotopic (exact) mass is 540 g/mol. The smallest absolute Gasteiger partial charge is 0.163 e. The Labute approximate surface area is 231 Å².